The van der Waals surface area contributed by atoms with E-state index < -0.39 is 9.84 Å². The zero-order valence-electron chi connectivity index (χ0n) is 11.5. The van der Waals surface area contributed by atoms with Gasteiger partial charge in [0.2, 0.25) is 0 Å². The van der Waals surface area contributed by atoms with Gasteiger partial charge in [-0.3, -0.25) is 4.40 Å². The number of nitrogens with one attached hydrogen (secondary N) is 1. The minimum Gasteiger partial charge on any atom is -0.306 e. The number of pyridine rings is 1. The Morgan fingerprint density at radius 1 is 1.52 bits per heavy atom. The van der Waals surface area contributed by atoms with Gasteiger partial charge in [0.05, 0.1) is 35.2 Å². The molecule has 2 aromatic rings. The molecule has 0 radical (unpaired) electrons. The summed E-state index contributed by atoms with van der Waals surface area (Å²) in [7, 11) is -2.88. The highest BCUT2D eigenvalue weighted by Crippen LogP contribution is 2.14. The fourth-order valence-electron chi connectivity index (χ4n) is 2.41. The molecule has 1 aliphatic heterocycles. The van der Waals surface area contributed by atoms with Gasteiger partial charge in [-0.25, -0.2) is 13.4 Å². The van der Waals surface area contributed by atoms with Crippen molar-refractivity contribution >= 4 is 44.3 Å². The molecule has 1 fully saturated rings. The summed E-state index contributed by atoms with van der Waals surface area (Å²) in [5, 5.41) is 4.20. The van der Waals surface area contributed by atoms with Crippen LogP contribution in [0.15, 0.2) is 23.4 Å². The third-order valence-electron chi connectivity index (χ3n) is 3.48. The Balaban J connectivity index is 1.80. The molecule has 0 aromatic carbocycles. The minimum atomic E-state index is -2.88. The topological polar surface area (TPSA) is 75.8 Å². The lowest BCUT2D eigenvalue weighted by Gasteiger charge is -2.05. The Morgan fingerprint density at radius 2 is 2.33 bits per heavy atom. The molecule has 1 aliphatic rings. The van der Waals surface area contributed by atoms with Crippen molar-refractivity contribution in [1.29, 1.82) is 0 Å². The first-order chi connectivity index (χ1) is 9.94. The number of aromatic nitrogens is 2. The highest BCUT2D eigenvalue weighted by Gasteiger charge is 2.27. The Hall–Kier alpha value is -1.16. The number of hydrazone groups is 1. The van der Waals surface area contributed by atoms with Crippen LogP contribution in [0.3, 0.4) is 0 Å². The first-order valence-electron chi connectivity index (χ1n) is 6.58. The van der Waals surface area contributed by atoms with Gasteiger partial charge in [0, 0.05) is 9.77 Å². The molecule has 0 amide bonds. The van der Waals surface area contributed by atoms with Crippen molar-refractivity contribution in [3.8, 4) is 0 Å². The van der Waals surface area contributed by atoms with Crippen LogP contribution in [-0.4, -0.2) is 41.6 Å². The monoisotopic (exact) mass is 418 g/mol. The van der Waals surface area contributed by atoms with Gasteiger partial charge in [-0.1, -0.05) is 0 Å². The van der Waals surface area contributed by atoms with Crippen molar-refractivity contribution in [2.75, 3.05) is 11.5 Å². The van der Waals surface area contributed by atoms with Crippen LogP contribution in [0, 0.1) is 10.5 Å². The second-order valence-electron chi connectivity index (χ2n) is 5.15. The van der Waals surface area contributed by atoms with Crippen molar-refractivity contribution in [3.63, 3.8) is 0 Å². The van der Waals surface area contributed by atoms with Crippen molar-refractivity contribution in [3.05, 3.63) is 33.3 Å². The molecule has 8 heteroatoms. The third kappa shape index (κ3) is 3.20. The van der Waals surface area contributed by atoms with Gasteiger partial charge in [0.15, 0.2) is 9.84 Å². The summed E-state index contributed by atoms with van der Waals surface area (Å²) in [6, 6.07) is 3.87. The van der Waals surface area contributed by atoms with E-state index in [1.165, 1.54) is 0 Å². The summed E-state index contributed by atoms with van der Waals surface area (Å²) in [5.74, 6) is 0.404. The summed E-state index contributed by atoms with van der Waals surface area (Å²) < 4.78 is 25.9. The minimum absolute atomic E-state index is 0.0918. The van der Waals surface area contributed by atoms with Crippen LogP contribution in [-0.2, 0) is 9.84 Å². The maximum atomic E-state index is 11.4. The first kappa shape index (κ1) is 14.8. The molecule has 0 aliphatic carbocycles. The van der Waals surface area contributed by atoms with E-state index in [1.54, 1.807) is 6.21 Å². The van der Waals surface area contributed by atoms with Crippen LogP contribution in [0.2, 0.25) is 0 Å². The maximum Gasteiger partial charge on any atom is 0.152 e. The fourth-order valence-corrected chi connectivity index (χ4v) is 4.53. The third-order valence-corrected chi connectivity index (χ3v) is 5.89. The van der Waals surface area contributed by atoms with E-state index in [4.69, 9.17) is 0 Å². The lowest BCUT2D eigenvalue weighted by Crippen LogP contribution is -2.25. The molecule has 0 bridgehead atoms. The SMILES string of the molecule is Cc1nc2ccc(I)cn2c1/C=N/NC1CCS(=O)(=O)C1. The second-order valence-corrected chi connectivity index (χ2v) is 8.62. The number of aryl methyl sites for hydroxylation is 1. The predicted molar refractivity (Wildman–Crippen MR) is 90.4 cm³/mol. The number of hydrogen-bond donors (Lipinski definition) is 1. The number of halogens is 1. The van der Waals surface area contributed by atoms with Crippen molar-refractivity contribution in [2.24, 2.45) is 5.10 Å². The highest BCUT2D eigenvalue weighted by molar-refractivity contribution is 14.1. The lowest BCUT2D eigenvalue weighted by atomic mass is 10.3. The molecule has 2 aromatic heterocycles. The number of imidazole rings is 1. The quantitative estimate of drug-likeness (QED) is 0.464. The van der Waals surface area contributed by atoms with Crippen LogP contribution >= 0.6 is 22.6 Å². The number of rotatable bonds is 3. The molecular weight excluding hydrogens is 403 g/mol. The van der Waals surface area contributed by atoms with Crippen LogP contribution in [0.25, 0.3) is 5.65 Å². The zero-order valence-corrected chi connectivity index (χ0v) is 14.4. The normalized spacial score (nSPS) is 21.3. The van der Waals surface area contributed by atoms with E-state index in [2.05, 4.69) is 38.1 Å². The standard InChI is InChI=1S/C13H15IN4O2S/c1-9-12(18-7-10(14)2-3-13(18)16-9)6-15-17-11-4-5-21(19,20)8-11/h2-3,6-7,11,17H,4-5,8H2,1H3/b15-6+. The molecule has 21 heavy (non-hydrogen) atoms. The van der Waals surface area contributed by atoms with E-state index >= 15 is 0 Å². The molecule has 0 spiro atoms. The van der Waals surface area contributed by atoms with Gasteiger partial charge in [-0.15, -0.1) is 0 Å². The summed E-state index contributed by atoms with van der Waals surface area (Å²) in [6.07, 6.45) is 4.32. The zero-order chi connectivity index (χ0) is 15.0. The van der Waals surface area contributed by atoms with Crippen molar-refractivity contribution < 1.29 is 8.42 Å². The molecule has 6 nitrogen and oxygen atoms in total. The van der Waals surface area contributed by atoms with Gasteiger partial charge in [-0.2, -0.15) is 5.10 Å². The summed E-state index contributed by atoms with van der Waals surface area (Å²) in [5.41, 5.74) is 5.59. The van der Waals surface area contributed by atoms with E-state index in [0.717, 1.165) is 20.6 Å². The Labute approximate surface area is 136 Å². The smallest absolute Gasteiger partial charge is 0.152 e. The Kier molecular flexibility index (Phi) is 3.91. The van der Waals surface area contributed by atoms with E-state index in [-0.39, 0.29) is 17.5 Å². The van der Waals surface area contributed by atoms with Crippen LogP contribution in [0.1, 0.15) is 17.8 Å². The van der Waals surface area contributed by atoms with Gasteiger partial charge in [0.25, 0.3) is 0 Å². The number of sulfone groups is 1. The second kappa shape index (κ2) is 5.56. The van der Waals surface area contributed by atoms with Crippen LogP contribution in [0.5, 0.6) is 0 Å². The van der Waals surface area contributed by atoms with Crippen LogP contribution in [0.4, 0.5) is 0 Å². The van der Waals surface area contributed by atoms with Gasteiger partial charge < -0.3 is 5.43 Å². The summed E-state index contributed by atoms with van der Waals surface area (Å²) >= 11 is 2.25. The highest BCUT2D eigenvalue weighted by atomic mass is 127. The molecular formula is C13H15IN4O2S. The molecule has 3 heterocycles. The summed E-state index contributed by atoms with van der Waals surface area (Å²) in [4.78, 5) is 4.47. The molecule has 1 unspecified atom stereocenters. The van der Waals surface area contributed by atoms with Gasteiger partial charge >= 0.3 is 0 Å². The molecule has 112 valence electrons. The number of nitrogens with zero attached hydrogens (tertiary/aromatic N) is 3. The summed E-state index contributed by atoms with van der Waals surface area (Å²) in [6.45, 7) is 1.93. The predicted octanol–water partition coefficient (Wildman–Crippen LogP) is 1.36. The van der Waals surface area contributed by atoms with E-state index in [0.29, 0.717) is 6.42 Å². The largest absolute Gasteiger partial charge is 0.306 e. The Bertz CT molecular complexity index is 813. The molecule has 0 saturated carbocycles. The van der Waals surface area contributed by atoms with Crippen LogP contribution < -0.4 is 5.43 Å². The van der Waals surface area contributed by atoms with Crippen molar-refractivity contribution in [2.45, 2.75) is 19.4 Å². The average molecular weight is 418 g/mol. The average Bonchev–Trinajstić information content (AvgIpc) is 2.90. The molecule has 1 N–H and O–H groups in total. The van der Waals surface area contributed by atoms with Gasteiger partial charge in [-0.05, 0) is 48.1 Å². The number of fused-ring (bicyclic) bond motifs is 1. The first-order valence-corrected chi connectivity index (χ1v) is 9.48. The van der Waals surface area contributed by atoms with Crippen molar-refractivity contribution in [1.82, 2.24) is 14.8 Å². The van der Waals surface area contributed by atoms with Gasteiger partial charge in [0.1, 0.15) is 5.65 Å². The van der Waals surface area contributed by atoms with E-state index in [9.17, 15) is 8.42 Å². The Morgan fingerprint density at radius 3 is 3.05 bits per heavy atom. The molecule has 1 atom stereocenters. The molecule has 3 rings (SSSR count). The number of hydrogen-bond acceptors (Lipinski definition) is 5. The van der Waals surface area contributed by atoms with E-state index in [1.807, 2.05) is 29.7 Å². The maximum absolute atomic E-state index is 11.4. The lowest BCUT2D eigenvalue weighted by molar-refractivity contribution is 0.578. The molecule has 1 saturated heterocycles. The fraction of sp³-hybridized carbons (Fsp3) is 0.385.